The van der Waals surface area contributed by atoms with Crippen molar-refractivity contribution in [3.63, 3.8) is 0 Å². The predicted octanol–water partition coefficient (Wildman–Crippen LogP) is 2.55. The van der Waals surface area contributed by atoms with Gasteiger partial charge in [0, 0.05) is 12.4 Å². The number of nitrogen functional groups attached to an aromatic ring is 1. The minimum absolute atomic E-state index is 0.108. The molecular formula is C13H17N3O. The van der Waals surface area contributed by atoms with Crippen LogP contribution in [-0.4, -0.2) is 15.7 Å². The molecule has 0 amide bonds. The first kappa shape index (κ1) is 11.5. The molecule has 1 heterocycles. The van der Waals surface area contributed by atoms with Crippen LogP contribution in [0.1, 0.15) is 19.7 Å². The Balaban J connectivity index is 2.46. The van der Waals surface area contributed by atoms with Gasteiger partial charge in [-0.25, -0.2) is 4.98 Å². The minimum Gasteiger partial charge on any atom is -0.489 e. The predicted molar refractivity (Wildman–Crippen MR) is 68.5 cm³/mol. The number of anilines is 1. The average molecular weight is 231 g/mol. The van der Waals surface area contributed by atoms with Gasteiger partial charge in [0.1, 0.15) is 11.6 Å². The van der Waals surface area contributed by atoms with Crippen molar-refractivity contribution in [2.75, 3.05) is 5.73 Å². The molecule has 0 saturated heterocycles. The zero-order chi connectivity index (χ0) is 12.4. The molecular weight excluding hydrogens is 214 g/mol. The van der Waals surface area contributed by atoms with E-state index in [0.717, 1.165) is 11.5 Å². The fourth-order valence-electron chi connectivity index (χ4n) is 1.73. The maximum Gasteiger partial charge on any atom is 0.144 e. The molecule has 2 N–H and O–H groups in total. The summed E-state index contributed by atoms with van der Waals surface area (Å²) in [5, 5.41) is 0. The number of rotatable bonds is 3. The second-order valence-corrected chi connectivity index (χ2v) is 4.20. The van der Waals surface area contributed by atoms with E-state index in [1.54, 1.807) is 6.20 Å². The van der Waals surface area contributed by atoms with E-state index in [0.29, 0.717) is 11.4 Å². The van der Waals surface area contributed by atoms with Gasteiger partial charge in [0.2, 0.25) is 0 Å². The van der Waals surface area contributed by atoms with E-state index in [1.807, 2.05) is 49.7 Å². The molecule has 0 aliphatic carbocycles. The SMILES string of the molecule is Cc1nccn1-c1cccc(OC(C)C)c1N. The van der Waals surface area contributed by atoms with Gasteiger partial charge in [0.25, 0.3) is 0 Å². The third kappa shape index (κ3) is 2.25. The molecule has 0 spiro atoms. The molecule has 4 nitrogen and oxygen atoms in total. The molecule has 0 fully saturated rings. The Labute approximate surface area is 101 Å². The molecule has 0 unspecified atom stereocenters. The average Bonchev–Trinajstić information content (AvgIpc) is 2.67. The highest BCUT2D eigenvalue weighted by atomic mass is 16.5. The summed E-state index contributed by atoms with van der Waals surface area (Å²) in [6.07, 6.45) is 3.75. The number of hydrogen-bond donors (Lipinski definition) is 1. The number of para-hydroxylation sites is 1. The first-order valence-electron chi connectivity index (χ1n) is 5.65. The van der Waals surface area contributed by atoms with Crippen molar-refractivity contribution < 1.29 is 4.74 Å². The van der Waals surface area contributed by atoms with Crippen LogP contribution in [0.15, 0.2) is 30.6 Å². The summed E-state index contributed by atoms with van der Waals surface area (Å²) >= 11 is 0. The lowest BCUT2D eigenvalue weighted by atomic mass is 10.2. The highest BCUT2D eigenvalue weighted by molar-refractivity contribution is 5.66. The van der Waals surface area contributed by atoms with Crippen LogP contribution in [0.2, 0.25) is 0 Å². The topological polar surface area (TPSA) is 53.1 Å². The second kappa shape index (κ2) is 4.49. The van der Waals surface area contributed by atoms with Gasteiger partial charge < -0.3 is 15.0 Å². The van der Waals surface area contributed by atoms with Crippen LogP contribution in [0.25, 0.3) is 5.69 Å². The van der Waals surface area contributed by atoms with E-state index >= 15 is 0 Å². The molecule has 0 aliphatic heterocycles. The number of ether oxygens (including phenoxy) is 1. The molecule has 1 aromatic carbocycles. The number of imidazole rings is 1. The number of nitrogens with two attached hydrogens (primary N) is 1. The Bertz CT molecular complexity index is 517. The summed E-state index contributed by atoms with van der Waals surface area (Å²) in [6, 6.07) is 5.77. The van der Waals surface area contributed by atoms with E-state index in [-0.39, 0.29) is 6.10 Å². The molecule has 2 rings (SSSR count). The number of aryl methyl sites for hydroxylation is 1. The lowest BCUT2D eigenvalue weighted by molar-refractivity contribution is 0.244. The van der Waals surface area contributed by atoms with Gasteiger partial charge in [-0.2, -0.15) is 0 Å². The zero-order valence-electron chi connectivity index (χ0n) is 10.3. The summed E-state index contributed by atoms with van der Waals surface area (Å²) in [7, 11) is 0. The summed E-state index contributed by atoms with van der Waals surface area (Å²) in [5.41, 5.74) is 7.66. The van der Waals surface area contributed by atoms with Gasteiger partial charge in [-0.15, -0.1) is 0 Å². The van der Waals surface area contributed by atoms with Crippen LogP contribution in [0.3, 0.4) is 0 Å². The smallest absolute Gasteiger partial charge is 0.144 e. The van der Waals surface area contributed by atoms with E-state index in [9.17, 15) is 0 Å². The van der Waals surface area contributed by atoms with Crippen molar-refractivity contribution in [3.05, 3.63) is 36.4 Å². The third-order valence-electron chi connectivity index (χ3n) is 2.49. The van der Waals surface area contributed by atoms with Crippen LogP contribution in [-0.2, 0) is 0 Å². The Hall–Kier alpha value is -1.97. The Morgan fingerprint density at radius 3 is 2.71 bits per heavy atom. The van der Waals surface area contributed by atoms with Crippen molar-refractivity contribution in [2.45, 2.75) is 26.9 Å². The van der Waals surface area contributed by atoms with Crippen LogP contribution in [0.4, 0.5) is 5.69 Å². The van der Waals surface area contributed by atoms with E-state index in [4.69, 9.17) is 10.5 Å². The highest BCUT2D eigenvalue weighted by Gasteiger charge is 2.10. The van der Waals surface area contributed by atoms with Crippen molar-refractivity contribution in [2.24, 2.45) is 0 Å². The van der Waals surface area contributed by atoms with Crippen molar-refractivity contribution in [1.82, 2.24) is 9.55 Å². The monoisotopic (exact) mass is 231 g/mol. The molecule has 0 bridgehead atoms. The van der Waals surface area contributed by atoms with Gasteiger partial charge in [-0.3, -0.25) is 0 Å². The Morgan fingerprint density at radius 2 is 2.12 bits per heavy atom. The van der Waals surface area contributed by atoms with Gasteiger partial charge >= 0.3 is 0 Å². The maximum absolute atomic E-state index is 6.12. The van der Waals surface area contributed by atoms with Gasteiger partial charge in [-0.1, -0.05) is 6.07 Å². The lowest BCUT2D eigenvalue weighted by Gasteiger charge is -2.15. The minimum atomic E-state index is 0.108. The molecule has 0 saturated carbocycles. The molecule has 4 heteroatoms. The summed E-state index contributed by atoms with van der Waals surface area (Å²) in [6.45, 7) is 5.90. The fourth-order valence-corrected chi connectivity index (χ4v) is 1.73. The molecule has 90 valence electrons. The molecule has 1 aromatic heterocycles. The summed E-state index contributed by atoms with van der Waals surface area (Å²) in [4.78, 5) is 4.19. The first-order valence-corrected chi connectivity index (χ1v) is 5.65. The van der Waals surface area contributed by atoms with Crippen LogP contribution in [0.5, 0.6) is 5.75 Å². The molecule has 17 heavy (non-hydrogen) atoms. The zero-order valence-corrected chi connectivity index (χ0v) is 10.3. The van der Waals surface area contributed by atoms with E-state index in [2.05, 4.69) is 4.98 Å². The third-order valence-corrected chi connectivity index (χ3v) is 2.49. The molecule has 0 radical (unpaired) electrons. The number of nitrogens with zero attached hydrogens (tertiary/aromatic N) is 2. The van der Waals surface area contributed by atoms with Gasteiger partial charge in [0.05, 0.1) is 17.5 Å². The maximum atomic E-state index is 6.12. The lowest BCUT2D eigenvalue weighted by Crippen LogP contribution is -2.09. The van der Waals surface area contributed by atoms with Crippen molar-refractivity contribution in [3.8, 4) is 11.4 Å². The molecule has 0 aliphatic rings. The van der Waals surface area contributed by atoms with Crippen LogP contribution < -0.4 is 10.5 Å². The second-order valence-electron chi connectivity index (χ2n) is 4.20. The summed E-state index contributed by atoms with van der Waals surface area (Å²) in [5.74, 6) is 1.61. The van der Waals surface area contributed by atoms with Crippen LogP contribution >= 0.6 is 0 Å². The Morgan fingerprint density at radius 1 is 1.35 bits per heavy atom. The standard InChI is InChI=1S/C13H17N3O/c1-9(2)17-12-6-4-5-11(13(12)14)16-8-7-15-10(16)3/h4-9H,14H2,1-3H3. The highest BCUT2D eigenvalue weighted by Crippen LogP contribution is 2.29. The number of hydrogen-bond acceptors (Lipinski definition) is 3. The number of aromatic nitrogens is 2. The first-order chi connectivity index (χ1) is 8.09. The van der Waals surface area contributed by atoms with E-state index in [1.165, 1.54) is 0 Å². The van der Waals surface area contributed by atoms with Crippen molar-refractivity contribution >= 4 is 5.69 Å². The van der Waals surface area contributed by atoms with Gasteiger partial charge in [-0.05, 0) is 32.9 Å². The van der Waals surface area contributed by atoms with Gasteiger partial charge in [0.15, 0.2) is 0 Å². The van der Waals surface area contributed by atoms with Crippen molar-refractivity contribution in [1.29, 1.82) is 0 Å². The molecule has 0 atom stereocenters. The Kier molecular flexibility index (Phi) is 3.04. The molecule has 2 aromatic rings. The summed E-state index contributed by atoms with van der Waals surface area (Å²) < 4.78 is 7.61. The van der Waals surface area contributed by atoms with Crippen LogP contribution in [0, 0.1) is 6.92 Å². The quantitative estimate of drug-likeness (QED) is 0.826. The normalized spacial score (nSPS) is 10.8. The largest absolute Gasteiger partial charge is 0.489 e. The fraction of sp³-hybridized carbons (Fsp3) is 0.308. The number of benzene rings is 1. The van der Waals surface area contributed by atoms with E-state index < -0.39 is 0 Å².